The van der Waals surface area contributed by atoms with Crippen LogP contribution in [0, 0.1) is 5.92 Å². The van der Waals surface area contributed by atoms with Crippen molar-refractivity contribution in [2.24, 2.45) is 5.92 Å². The predicted octanol–water partition coefficient (Wildman–Crippen LogP) is 0.0189. The molecule has 1 fully saturated rings. The molecule has 1 rings (SSSR count). The van der Waals surface area contributed by atoms with Crippen LogP contribution in [-0.2, 0) is 4.79 Å². The molecule has 0 aliphatic carbocycles. The summed E-state index contributed by atoms with van der Waals surface area (Å²) in [5, 5.41) is 6.29. The zero-order chi connectivity index (χ0) is 8.69. The number of likely N-dealkylation sites (N-methyl/N-ethyl adjacent to an activating group) is 1. The number of carbonyl (C=O) groups is 1. The number of hydrogen-bond donors (Lipinski definition) is 2. The van der Waals surface area contributed by atoms with E-state index in [1.54, 1.807) is 0 Å². The van der Waals surface area contributed by atoms with Crippen molar-refractivity contribution in [2.75, 3.05) is 20.1 Å². The van der Waals surface area contributed by atoms with E-state index >= 15 is 0 Å². The lowest BCUT2D eigenvalue weighted by Gasteiger charge is -2.25. The van der Waals surface area contributed by atoms with Gasteiger partial charge >= 0.3 is 0 Å². The summed E-state index contributed by atoms with van der Waals surface area (Å²) in [5.41, 5.74) is 0. The van der Waals surface area contributed by atoms with Crippen molar-refractivity contribution in [3.05, 3.63) is 0 Å². The molecule has 0 atom stereocenters. The molecule has 3 heteroatoms. The Morgan fingerprint density at radius 2 is 2.00 bits per heavy atom. The predicted molar refractivity (Wildman–Crippen MR) is 46.6 cm³/mol. The minimum absolute atomic E-state index is 0.204. The SMILES string of the molecule is CC(C)C=O.CNC1CNC1. The summed E-state index contributed by atoms with van der Waals surface area (Å²) in [6.07, 6.45) is 0.917. The zero-order valence-corrected chi connectivity index (χ0v) is 7.55. The quantitative estimate of drug-likeness (QED) is 0.557. The summed E-state index contributed by atoms with van der Waals surface area (Å²) in [5.74, 6) is 0.204. The van der Waals surface area contributed by atoms with E-state index in [1.807, 2.05) is 20.9 Å². The lowest BCUT2D eigenvalue weighted by molar-refractivity contribution is -0.110. The minimum atomic E-state index is 0.204. The van der Waals surface area contributed by atoms with Crippen LogP contribution >= 0.6 is 0 Å². The monoisotopic (exact) mass is 158 g/mol. The van der Waals surface area contributed by atoms with E-state index in [1.165, 1.54) is 0 Å². The zero-order valence-electron chi connectivity index (χ0n) is 7.55. The van der Waals surface area contributed by atoms with E-state index in [-0.39, 0.29) is 5.92 Å². The van der Waals surface area contributed by atoms with Crippen molar-refractivity contribution < 1.29 is 4.79 Å². The maximum absolute atomic E-state index is 9.50. The summed E-state index contributed by atoms with van der Waals surface area (Å²) >= 11 is 0. The molecule has 0 bridgehead atoms. The standard InChI is InChI=1S/C4H10N2.C4H8O/c1-5-4-2-6-3-4;1-4(2)3-5/h4-6H,2-3H2,1H3;3-4H,1-2H3. The van der Waals surface area contributed by atoms with E-state index in [9.17, 15) is 4.79 Å². The second kappa shape index (κ2) is 6.31. The minimum Gasteiger partial charge on any atom is -0.315 e. The van der Waals surface area contributed by atoms with Gasteiger partial charge in [-0.25, -0.2) is 0 Å². The van der Waals surface area contributed by atoms with Crippen molar-refractivity contribution in [3.8, 4) is 0 Å². The molecule has 0 spiro atoms. The van der Waals surface area contributed by atoms with E-state index in [2.05, 4.69) is 10.6 Å². The number of nitrogens with one attached hydrogen (secondary N) is 2. The van der Waals surface area contributed by atoms with E-state index < -0.39 is 0 Å². The third-order valence-electron chi connectivity index (χ3n) is 1.46. The fourth-order valence-electron chi connectivity index (χ4n) is 0.493. The molecular formula is C8H18N2O. The second-order valence-corrected chi connectivity index (χ2v) is 3.02. The lowest BCUT2D eigenvalue weighted by Crippen LogP contribution is -2.54. The lowest BCUT2D eigenvalue weighted by atomic mass is 10.2. The third-order valence-corrected chi connectivity index (χ3v) is 1.46. The summed E-state index contributed by atoms with van der Waals surface area (Å²) in [7, 11) is 1.99. The first-order chi connectivity index (χ1) is 5.20. The maximum Gasteiger partial charge on any atom is 0.122 e. The number of rotatable bonds is 2. The normalized spacial score (nSPS) is 16.7. The molecule has 1 heterocycles. The number of hydrogen-bond acceptors (Lipinski definition) is 3. The number of aldehydes is 1. The van der Waals surface area contributed by atoms with Crippen molar-refractivity contribution in [1.29, 1.82) is 0 Å². The average Bonchev–Trinajstić information content (AvgIpc) is 1.87. The van der Waals surface area contributed by atoms with E-state index in [0.717, 1.165) is 25.4 Å². The van der Waals surface area contributed by atoms with Crippen LogP contribution in [0.15, 0.2) is 0 Å². The third kappa shape index (κ3) is 6.01. The second-order valence-electron chi connectivity index (χ2n) is 3.02. The molecule has 0 saturated carbocycles. The molecule has 3 nitrogen and oxygen atoms in total. The van der Waals surface area contributed by atoms with Gasteiger partial charge in [-0.2, -0.15) is 0 Å². The summed E-state index contributed by atoms with van der Waals surface area (Å²) in [4.78, 5) is 9.50. The fraction of sp³-hybridized carbons (Fsp3) is 0.875. The Balaban J connectivity index is 0.000000187. The Bertz CT molecular complexity index is 97.5. The van der Waals surface area contributed by atoms with Crippen LogP contribution in [0.5, 0.6) is 0 Å². The number of carbonyl (C=O) groups excluding carboxylic acids is 1. The summed E-state index contributed by atoms with van der Waals surface area (Å²) < 4.78 is 0. The molecule has 1 saturated heterocycles. The highest BCUT2D eigenvalue weighted by atomic mass is 16.1. The van der Waals surface area contributed by atoms with Crippen LogP contribution in [0.2, 0.25) is 0 Å². The summed E-state index contributed by atoms with van der Waals surface area (Å²) in [6, 6.07) is 0.755. The Labute approximate surface area is 68.6 Å². The van der Waals surface area contributed by atoms with Gasteiger partial charge in [0.1, 0.15) is 6.29 Å². The van der Waals surface area contributed by atoms with Crippen molar-refractivity contribution in [3.63, 3.8) is 0 Å². The Morgan fingerprint density at radius 1 is 1.55 bits per heavy atom. The Kier molecular flexibility index (Phi) is 6.07. The molecule has 0 aromatic carbocycles. The van der Waals surface area contributed by atoms with Gasteiger partial charge in [-0.3, -0.25) is 0 Å². The van der Waals surface area contributed by atoms with Gasteiger partial charge in [-0.05, 0) is 7.05 Å². The van der Waals surface area contributed by atoms with Crippen LogP contribution < -0.4 is 10.6 Å². The molecule has 0 aromatic heterocycles. The van der Waals surface area contributed by atoms with Crippen molar-refractivity contribution >= 4 is 6.29 Å². The van der Waals surface area contributed by atoms with Crippen molar-refractivity contribution in [2.45, 2.75) is 19.9 Å². The first-order valence-electron chi connectivity index (χ1n) is 4.04. The fourth-order valence-corrected chi connectivity index (χ4v) is 0.493. The Hall–Kier alpha value is -0.410. The van der Waals surface area contributed by atoms with Crippen LogP contribution in [0.4, 0.5) is 0 Å². The van der Waals surface area contributed by atoms with Gasteiger partial charge in [0.2, 0.25) is 0 Å². The van der Waals surface area contributed by atoms with Crippen LogP contribution in [0.25, 0.3) is 0 Å². The average molecular weight is 158 g/mol. The van der Waals surface area contributed by atoms with Crippen LogP contribution in [-0.4, -0.2) is 32.5 Å². The largest absolute Gasteiger partial charge is 0.315 e. The van der Waals surface area contributed by atoms with Gasteiger partial charge in [0, 0.05) is 25.0 Å². The molecule has 0 unspecified atom stereocenters. The highest BCUT2D eigenvalue weighted by Gasteiger charge is 2.11. The highest BCUT2D eigenvalue weighted by molar-refractivity contribution is 5.51. The van der Waals surface area contributed by atoms with Gasteiger partial charge in [0.25, 0.3) is 0 Å². The topological polar surface area (TPSA) is 41.1 Å². The smallest absolute Gasteiger partial charge is 0.122 e. The molecule has 1 aliphatic rings. The van der Waals surface area contributed by atoms with Crippen molar-refractivity contribution in [1.82, 2.24) is 10.6 Å². The van der Waals surface area contributed by atoms with Gasteiger partial charge < -0.3 is 15.4 Å². The first-order valence-corrected chi connectivity index (χ1v) is 4.04. The highest BCUT2D eigenvalue weighted by Crippen LogP contribution is 1.85. The molecule has 0 aromatic rings. The van der Waals surface area contributed by atoms with Crippen LogP contribution in [0.1, 0.15) is 13.8 Å². The van der Waals surface area contributed by atoms with E-state index in [4.69, 9.17) is 0 Å². The maximum atomic E-state index is 9.50. The van der Waals surface area contributed by atoms with Gasteiger partial charge in [0.05, 0.1) is 0 Å². The molecule has 2 N–H and O–H groups in total. The molecule has 0 radical (unpaired) electrons. The van der Waals surface area contributed by atoms with Crippen LogP contribution in [0.3, 0.4) is 0 Å². The van der Waals surface area contributed by atoms with E-state index in [0.29, 0.717) is 0 Å². The molecule has 11 heavy (non-hydrogen) atoms. The first kappa shape index (κ1) is 10.6. The molecule has 0 amide bonds. The molecule has 1 aliphatic heterocycles. The van der Waals surface area contributed by atoms with Gasteiger partial charge in [-0.15, -0.1) is 0 Å². The molecule has 66 valence electrons. The Morgan fingerprint density at radius 3 is 2.00 bits per heavy atom. The molecular weight excluding hydrogens is 140 g/mol. The van der Waals surface area contributed by atoms with Gasteiger partial charge in [-0.1, -0.05) is 13.8 Å². The summed E-state index contributed by atoms with van der Waals surface area (Å²) in [6.45, 7) is 6.01. The van der Waals surface area contributed by atoms with Gasteiger partial charge in [0.15, 0.2) is 0 Å².